The van der Waals surface area contributed by atoms with Crippen molar-refractivity contribution in [1.29, 1.82) is 0 Å². The molecule has 0 bridgehead atoms. The minimum Gasteiger partial charge on any atom is -0.313 e. The van der Waals surface area contributed by atoms with Crippen molar-refractivity contribution in [3.63, 3.8) is 0 Å². The van der Waals surface area contributed by atoms with E-state index < -0.39 is 0 Å². The number of hydrogen-bond acceptors (Lipinski definition) is 2. The van der Waals surface area contributed by atoms with E-state index in [4.69, 9.17) is 0 Å². The standard InChI is InChI=1S/C13H23N3/c1-13(2,3)12-11(9-15-16-12)8-14-7-6-10-4-5-10/h9-10,14H,4-8H2,1-3H3,(H,15,16). The third kappa shape index (κ3) is 3.08. The lowest BCUT2D eigenvalue weighted by molar-refractivity contribution is 0.549. The van der Waals surface area contributed by atoms with Crippen LogP contribution in [0.5, 0.6) is 0 Å². The molecule has 16 heavy (non-hydrogen) atoms. The Bertz CT molecular complexity index is 331. The maximum atomic E-state index is 4.15. The van der Waals surface area contributed by atoms with Gasteiger partial charge < -0.3 is 5.32 Å². The van der Waals surface area contributed by atoms with Crippen LogP contribution in [0, 0.1) is 5.92 Å². The van der Waals surface area contributed by atoms with Gasteiger partial charge in [-0.3, -0.25) is 5.10 Å². The highest BCUT2D eigenvalue weighted by atomic mass is 15.1. The summed E-state index contributed by atoms with van der Waals surface area (Å²) in [5, 5.41) is 10.8. The van der Waals surface area contributed by atoms with Crippen LogP contribution < -0.4 is 5.32 Å². The molecule has 90 valence electrons. The molecule has 1 aliphatic rings. The molecule has 3 heteroatoms. The van der Waals surface area contributed by atoms with Crippen molar-refractivity contribution in [3.05, 3.63) is 17.5 Å². The zero-order chi connectivity index (χ0) is 11.6. The van der Waals surface area contributed by atoms with Gasteiger partial charge in [-0.05, 0) is 18.9 Å². The van der Waals surface area contributed by atoms with Crippen molar-refractivity contribution in [2.45, 2.75) is 52.0 Å². The van der Waals surface area contributed by atoms with Gasteiger partial charge in [0.1, 0.15) is 0 Å². The zero-order valence-corrected chi connectivity index (χ0v) is 10.6. The minimum atomic E-state index is 0.157. The van der Waals surface area contributed by atoms with Gasteiger partial charge in [0.2, 0.25) is 0 Å². The van der Waals surface area contributed by atoms with Crippen LogP contribution >= 0.6 is 0 Å². The Kier molecular flexibility index (Phi) is 3.33. The Labute approximate surface area is 98.0 Å². The molecule has 0 saturated heterocycles. The highest BCUT2D eigenvalue weighted by Crippen LogP contribution is 2.31. The Morgan fingerprint density at radius 1 is 1.44 bits per heavy atom. The number of rotatable bonds is 5. The van der Waals surface area contributed by atoms with Crippen LogP contribution in [-0.4, -0.2) is 16.7 Å². The van der Waals surface area contributed by atoms with Crippen molar-refractivity contribution < 1.29 is 0 Å². The van der Waals surface area contributed by atoms with Crippen LogP contribution in [0.4, 0.5) is 0 Å². The van der Waals surface area contributed by atoms with Gasteiger partial charge >= 0.3 is 0 Å². The molecule has 1 aliphatic carbocycles. The van der Waals surface area contributed by atoms with Gasteiger partial charge in [-0.25, -0.2) is 0 Å². The number of H-pyrrole nitrogens is 1. The van der Waals surface area contributed by atoms with E-state index in [0.717, 1.165) is 19.0 Å². The van der Waals surface area contributed by atoms with Crippen LogP contribution in [0.1, 0.15) is 51.3 Å². The molecule has 2 rings (SSSR count). The van der Waals surface area contributed by atoms with E-state index in [9.17, 15) is 0 Å². The molecule has 1 aromatic heterocycles. The van der Waals surface area contributed by atoms with Gasteiger partial charge in [-0.1, -0.05) is 33.6 Å². The summed E-state index contributed by atoms with van der Waals surface area (Å²) in [5.41, 5.74) is 2.72. The van der Waals surface area contributed by atoms with Gasteiger partial charge in [0.25, 0.3) is 0 Å². The SMILES string of the molecule is CC(C)(C)c1[nH]ncc1CNCCC1CC1. The van der Waals surface area contributed by atoms with E-state index in [1.807, 2.05) is 6.20 Å². The first-order chi connectivity index (χ1) is 7.57. The summed E-state index contributed by atoms with van der Waals surface area (Å²) in [7, 11) is 0. The zero-order valence-electron chi connectivity index (χ0n) is 10.6. The van der Waals surface area contributed by atoms with E-state index >= 15 is 0 Å². The van der Waals surface area contributed by atoms with Gasteiger partial charge in [-0.15, -0.1) is 0 Å². The first-order valence-electron chi connectivity index (χ1n) is 6.31. The molecule has 3 nitrogen and oxygen atoms in total. The molecule has 1 saturated carbocycles. The fourth-order valence-electron chi connectivity index (χ4n) is 2.03. The molecule has 0 aliphatic heterocycles. The van der Waals surface area contributed by atoms with E-state index in [0.29, 0.717) is 0 Å². The lowest BCUT2D eigenvalue weighted by Gasteiger charge is -2.18. The van der Waals surface area contributed by atoms with E-state index in [2.05, 4.69) is 36.3 Å². The average Bonchev–Trinajstić information content (AvgIpc) is 2.88. The molecule has 0 aromatic carbocycles. The molecule has 0 unspecified atom stereocenters. The predicted molar refractivity (Wildman–Crippen MR) is 66.3 cm³/mol. The number of hydrogen-bond donors (Lipinski definition) is 2. The first-order valence-corrected chi connectivity index (χ1v) is 6.31. The van der Waals surface area contributed by atoms with Crippen molar-refractivity contribution in [2.24, 2.45) is 5.92 Å². The first kappa shape index (κ1) is 11.6. The maximum Gasteiger partial charge on any atom is 0.0535 e. The van der Waals surface area contributed by atoms with Crippen molar-refractivity contribution in [3.8, 4) is 0 Å². The van der Waals surface area contributed by atoms with E-state index in [-0.39, 0.29) is 5.41 Å². The Morgan fingerprint density at radius 2 is 2.19 bits per heavy atom. The Balaban J connectivity index is 1.81. The molecule has 1 fully saturated rings. The van der Waals surface area contributed by atoms with E-state index in [1.54, 1.807) is 0 Å². The van der Waals surface area contributed by atoms with Gasteiger partial charge in [0.15, 0.2) is 0 Å². The van der Waals surface area contributed by atoms with E-state index in [1.165, 1.54) is 30.5 Å². The Hall–Kier alpha value is -0.830. The maximum absolute atomic E-state index is 4.15. The lowest BCUT2D eigenvalue weighted by Crippen LogP contribution is -2.20. The topological polar surface area (TPSA) is 40.7 Å². The lowest BCUT2D eigenvalue weighted by atomic mass is 9.89. The highest BCUT2D eigenvalue weighted by molar-refractivity contribution is 5.23. The molecule has 0 atom stereocenters. The molecular formula is C13H23N3. The number of aromatic nitrogens is 2. The Morgan fingerprint density at radius 3 is 2.81 bits per heavy atom. The number of aromatic amines is 1. The molecule has 1 heterocycles. The molecule has 0 radical (unpaired) electrons. The second kappa shape index (κ2) is 4.58. The highest BCUT2D eigenvalue weighted by Gasteiger charge is 2.21. The summed E-state index contributed by atoms with van der Waals surface area (Å²) >= 11 is 0. The quantitative estimate of drug-likeness (QED) is 0.750. The number of nitrogens with one attached hydrogen (secondary N) is 2. The third-order valence-electron chi connectivity index (χ3n) is 3.21. The third-order valence-corrected chi connectivity index (χ3v) is 3.21. The van der Waals surface area contributed by atoms with Gasteiger partial charge in [0.05, 0.1) is 6.20 Å². The largest absolute Gasteiger partial charge is 0.313 e. The second-order valence-electron chi connectivity index (χ2n) is 5.93. The van der Waals surface area contributed by atoms with Crippen LogP contribution in [0.3, 0.4) is 0 Å². The minimum absolute atomic E-state index is 0.157. The normalized spacial score (nSPS) is 16.7. The summed E-state index contributed by atoms with van der Waals surface area (Å²) in [6, 6.07) is 0. The van der Waals surface area contributed by atoms with Gasteiger partial charge in [-0.2, -0.15) is 5.10 Å². The monoisotopic (exact) mass is 221 g/mol. The fraction of sp³-hybridized carbons (Fsp3) is 0.769. The molecule has 0 amide bonds. The van der Waals surface area contributed by atoms with Crippen molar-refractivity contribution >= 4 is 0 Å². The summed E-state index contributed by atoms with van der Waals surface area (Å²) < 4.78 is 0. The molecule has 1 aromatic rings. The van der Waals surface area contributed by atoms with Crippen LogP contribution in [0.15, 0.2) is 6.20 Å². The molecular weight excluding hydrogens is 198 g/mol. The summed E-state index contributed by atoms with van der Waals surface area (Å²) in [6.07, 6.45) is 6.18. The van der Waals surface area contributed by atoms with Gasteiger partial charge in [0, 0.05) is 23.2 Å². The predicted octanol–water partition coefficient (Wildman–Crippen LogP) is 2.60. The van der Waals surface area contributed by atoms with Crippen molar-refractivity contribution in [1.82, 2.24) is 15.5 Å². The smallest absolute Gasteiger partial charge is 0.0535 e. The van der Waals surface area contributed by atoms with Crippen molar-refractivity contribution in [2.75, 3.05) is 6.54 Å². The fourth-order valence-corrected chi connectivity index (χ4v) is 2.03. The molecule has 0 spiro atoms. The summed E-state index contributed by atoms with van der Waals surface area (Å²) in [5.74, 6) is 1.01. The summed E-state index contributed by atoms with van der Waals surface area (Å²) in [4.78, 5) is 0. The number of nitrogens with zero attached hydrogens (tertiary/aromatic N) is 1. The summed E-state index contributed by atoms with van der Waals surface area (Å²) in [6.45, 7) is 8.73. The van der Waals surface area contributed by atoms with Crippen LogP contribution in [0.2, 0.25) is 0 Å². The van der Waals surface area contributed by atoms with Crippen LogP contribution in [-0.2, 0) is 12.0 Å². The second-order valence-corrected chi connectivity index (χ2v) is 5.93. The van der Waals surface area contributed by atoms with Crippen LogP contribution in [0.25, 0.3) is 0 Å². The molecule has 2 N–H and O–H groups in total. The average molecular weight is 221 g/mol.